The number of aliphatic hydroxyl groups is 1. The van der Waals surface area contributed by atoms with Crippen molar-refractivity contribution in [3.63, 3.8) is 0 Å². The number of aliphatic hydroxyl groups excluding tert-OH is 1. The summed E-state index contributed by atoms with van der Waals surface area (Å²) in [4.78, 5) is 14.9. The molecule has 0 aliphatic heterocycles. The van der Waals surface area contributed by atoms with Gasteiger partial charge in [0.15, 0.2) is 6.61 Å². The maximum absolute atomic E-state index is 13.6. The van der Waals surface area contributed by atoms with Crippen molar-refractivity contribution in [2.24, 2.45) is 0 Å². The summed E-state index contributed by atoms with van der Waals surface area (Å²) in [5.74, 6) is 0.0939. The van der Waals surface area contributed by atoms with Crippen LogP contribution in [-0.2, 0) is 4.79 Å². The smallest absolute Gasteiger partial charge is 0.258 e. The summed E-state index contributed by atoms with van der Waals surface area (Å²) in [6, 6.07) is 11.4. The SMILES string of the molecule is CN(CCCOc1ccc(Cl)cc1)C12CCC(NC(=O)COc3ccc(Cl)c(F)c3)(CC1)[C@@H](O)C2. The number of nitrogens with one attached hydrogen (secondary N) is 1. The first kappa shape index (κ1) is 26.0. The Bertz CT molecular complexity index is 1030. The van der Waals surface area contributed by atoms with Crippen LogP contribution in [0.25, 0.3) is 0 Å². The highest BCUT2D eigenvalue weighted by atomic mass is 35.5. The zero-order chi connectivity index (χ0) is 25.1. The number of nitrogens with zero attached hydrogens (tertiary/aromatic N) is 1. The molecule has 3 aliphatic carbocycles. The van der Waals surface area contributed by atoms with Crippen LogP contribution in [0.4, 0.5) is 4.39 Å². The predicted molar refractivity (Wildman–Crippen MR) is 134 cm³/mol. The molecular weight excluding hydrogens is 494 g/mol. The summed E-state index contributed by atoms with van der Waals surface area (Å²) >= 11 is 11.6. The standard InChI is InChI=1S/C26H31Cl2FN2O4/c1-31(13-2-14-34-19-5-3-18(27)4-6-19)25-9-11-26(12-10-25,23(32)16-25)30-24(33)17-35-20-7-8-21(28)22(29)15-20/h3-8,15,23,32H,2,9-14,16-17H2,1H3,(H,30,33)/t23-,25?,26?/m0/s1. The molecule has 1 amide bonds. The highest BCUT2D eigenvalue weighted by Gasteiger charge is 2.56. The number of rotatable bonds is 10. The Morgan fingerprint density at radius 2 is 1.80 bits per heavy atom. The Hall–Kier alpha value is -2.06. The Balaban J connectivity index is 1.24. The van der Waals surface area contributed by atoms with E-state index in [1.165, 1.54) is 12.1 Å². The van der Waals surface area contributed by atoms with Crippen molar-refractivity contribution in [2.75, 3.05) is 26.8 Å². The zero-order valence-corrected chi connectivity index (χ0v) is 21.2. The average molecular weight is 525 g/mol. The fourth-order valence-electron chi connectivity index (χ4n) is 5.29. The van der Waals surface area contributed by atoms with Crippen LogP contribution in [0.1, 0.15) is 38.5 Å². The number of hydrogen-bond donors (Lipinski definition) is 2. The van der Waals surface area contributed by atoms with Gasteiger partial charge in [-0.1, -0.05) is 23.2 Å². The van der Waals surface area contributed by atoms with E-state index in [0.717, 1.165) is 37.6 Å². The van der Waals surface area contributed by atoms with Crippen molar-refractivity contribution in [1.29, 1.82) is 0 Å². The van der Waals surface area contributed by atoms with E-state index in [2.05, 4.69) is 17.3 Å². The lowest BCUT2D eigenvalue weighted by atomic mass is 9.59. The van der Waals surface area contributed by atoms with Crippen LogP contribution in [0.5, 0.6) is 11.5 Å². The molecular formula is C26H31Cl2FN2O4. The molecule has 3 aliphatic rings. The first-order valence-corrected chi connectivity index (χ1v) is 12.6. The van der Waals surface area contributed by atoms with Crippen LogP contribution < -0.4 is 14.8 Å². The molecule has 0 spiro atoms. The van der Waals surface area contributed by atoms with E-state index in [1.807, 2.05) is 24.3 Å². The van der Waals surface area contributed by atoms with Crippen molar-refractivity contribution in [1.82, 2.24) is 10.2 Å². The zero-order valence-electron chi connectivity index (χ0n) is 19.7. The molecule has 190 valence electrons. The lowest BCUT2D eigenvalue weighted by Crippen LogP contribution is -2.70. The topological polar surface area (TPSA) is 71.0 Å². The van der Waals surface area contributed by atoms with E-state index in [1.54, 1.807) is 0 Å². The molecule has 0 unspecified atom stereocenters. The minimum absolute atomic E-state index is 0.00393. The van der Waals surface area contributed by atoms with Gasteiger partial charge in [0.05, 0.1) is 23.3 Å². The maximum Gasteiger partial charge on any atom is 0.258 e. The second-order valence-corrected chi connectivity index (χ2v) is 10.4. The number of carbonyl (C=O) groups is 1. The van der Waals surface area contributed by atoms with E-state index < -0.39 is 17.5 Å². The molecule has 2 aromatic carbocycles. The van der Waals surface area contributed by atoms with Gasteiger partial charge in [-0.2, -0.15) is 0 Å². The Kier molecular flexibility index (Phi) is 8.11. The summed E-state index contributed by atoms with van der Waals surface area (Å²) in [5.41, 5.74) is -0.727. The lowest BCUT2D eigenvalue weighted by molar-refractivity contribution is -0.137. The van der Waals surface area contributed by atoms with Gasteiger partial charge in [-0.25, -0.2) is 4.39 Å². The Morgan fingerprint density at radius 1 is 1.11 bits per heavy atom. The van der Waals surface area contributed by atoms with Gasteiger partial charge in [-0.05, 0) is 82.0 Å². The molecule has 9 heteroatoms. The predicted octanol–water partition coefficient (Wildman–Crippen LogP) is 4.84. The highest BCUT2D eigenvalue weighted by Crippen LogP contribution is 2.49. The van der Waals surface area contributed by atoms with Gasteiger partial charge in [0.25, 0.3) is 5.91 Å². The van der Waals surface area contributed by atoms with E-state index in [4.69, 9.17) is 32.7 Å². The molecule has 5 rings (SSSR count). The van der Waals surface area contributed by atoms with E-state index in [9.17, 15) is 14.3 Å². The van der Waals surface area contributed by atoms with Crippen molar-refractivity contribution in [2.45, 2.75) is 55.7 Å². The van der Waals surface area contributed by atoms with Gasteiger partial charge >= 0.3 is 0 Å². The minimum Gasteiger partial charge on any atom is -0.494 e. The molecule has 0 saturated heterocycles. The molecule has 2 N–H and O–H groups in total. The number of halogens is 3. The number of fused-ring (bicyclic) bond motifs is 3. The van der Waals surface area contributed by atoms with Crippen molar-refractivity contribution >= 4 is 29.1 Å². The third-order valence-electron chi connectivity index (χ3n) is 7.46. The summed E-state index contributed by atoms with van der Waals surface area (Å²) in [6.07, 6.45) is 3.99. The van der Waals surface area contributed by atoms with Crippen LogP contribution >= 0.6 is 23.2 Å². The summed E-state index contributed by atoms with van der Waals surface area (Å²) in [6.45, 7) is 1.20. The molecule has 0 radical (unpaired) electrons. The first-order chi connectivity index (χ1) is 16.7. The van der Waals surface area contributed by atoms with Crippen LogP contribution in [0.2, 0.25) is 10.0 Å². The van der Waals surface area contributed by atoms with Gasteiger partial charge in [0, 0.05) is 23.2 Å². The summed E-state index contributed by atoms with van der Waals surface area (Å²) < 4.78 is 24.8. The van der Waals surface area contributed by atoms with Crippen LogP contribution in [0, 0.1) is 5.82 Å². The normalized spacial score (nSPS) is 25.5. The van der Waals surface area contributed by atoms with Crippen LogP contribution in [-0.4, -0.2) is 59.9 Å². The molecule has 3 fully saturated rings. The molecule has 6 nitrogen and oxygen atoms in total. The molecule has 1 atom stereocenters. The van der Waals surface area contributed by atoms with Gasteiger partial charge in [0.1, 0.15) is 17.3 Å². The molecule has 2 aromatic rings. The molecule has 3 saturated carbocycles. The molecule has 2 bridgehead atoms. The van der Waals surface area contributed by atoms with E-state index in [-0.39, 0.29) is 28.8 Å². The minimum atomic E-state index is -0.647. The monoisotopic (exact) mass is 524 g/mol. The van der Waals surface area contributed by atoms with Crippen molar-refractivity contribution in [3.05, 3.63) is 58.3 Å². The fraction of sp³-hybridized carbons (Fsp3) is 0.500. The summed E-state index contributed by atoms with van der Waals surface area (Å²) in [5, 5.41) is 14.7. The largest absolute Gasteiger partial charge is 0.494 e. The number of hydrogen-bond acceptors (Lipinski definition) is 5. The lowest BCUT2D eigenvalue weighted by Gasteiger charge is -2.59. The number of amides is 1. The molecule has 35 heavy (non-hydrogen) atoms. The Morgan fingerprint density at radius 3 is 2.46 bits per heavy atom. The number of ether oxygens (including phenoxy) is 2. The van der Waals surface area contributed by atoms with Crippen molar-refractivity contribution < 1.29 is 23.8 Å². The van der Waals surface area contributed by atoms with E-state index in [0.29, 0.717) is 30.9 Å². The third-order valence-corrected chi connectivity index (χ3v) is 8.02. The Labute approximate surface area is 215 Å². The summed E-state index contributed by atoms with van der Waals surface area (Å²) in [7, 11) is 2.10. The van der Waals surface area contributed by atoms with Crippen molar-refractivity contribution in [3.8, 4) is 11.5 Å². The van der Waals surface area contributed by atoms with E-state index >= 15 is 0 Å². The molecule has 0 aromatic heterocycles. The van der Waals surface area contributed by atoms with Gasteiger partial charge < -0.3 is 24.8 Å². The number of carbonyl (C=O) groups excluding carboxylic acids is 1. The first-order valence-electron chi connectivity index (χ1n) is 11.9. The second kappa shape index (κ2) is 10.9. The van der Waals surface area contributed by atoms with Gasteiger partial charge in [0.2, 0.25) is 0 Å². The quantitative estimate of drug-likeness (QED) is 0.435. The second-order valence-electron chi connectivity index (χ2n) is 9.59. The number of benzene rings is 2. The fourth-order valence-corrected chi connectivity index (χ4v) is 5.53. The highest BCUT2D eigenvalue weighted by molar-refractivity contribution is 6.30. The van der Waals surface area contributed by atoms with Crippen LogP contribution in [0.15, 0.2) is 42.5 Å². The third kappa shape index (κ3) is 6.02. The maximum atomic E-state index is 13.6. The molecule has 0 heterocycles. The van der Waals surface area contributed by atoms with Gasteiger partial charge in [-0.3, -0.25) is 4.79 Å². The van der Waals surface area contributed by atoms with Crippen LogP contribution in [0.3, 0.4) is 0 Å². The average Bonchev–Trinajstić information content (AvgIpc) is 2.84. The van der Waals surface area contributed by atoms with Gasteiger partial charge in [-0.15, -0.1) is 0 Å².